The number of nitrogens with zero attached hydrogens (tertiary/aromatic N) is 6. The van der Waals surface area contributed by atoms with Crippen molar-refractivity contribution in [3.8, 4) is 5.75 Å². The first-order valence-electron chi connectivity index (χ1n) is 17.6. The molecule has 13 heteroatoms. The minimum absolute atomic E-state index is 0.0603. The maximum absolute atomic E-state index is 15.0. The number of amides is 1. The van der Waals surface area contributed by atoms with Crippen molar-refractivity contribution in [2.45, 2.75) is 76.2 Å². The maximum Gasteiger partial charge on any atom is 0.247 e. The van der Waals surface area contributed by atoms with Gasteiger partial charge in [0.25, 0.3) is 0 Å². The van der Waals surface area contributed by atoms with E-state index in [1.54, 1.807) is 30.4 Å². The number of hydrogen-bond donors (Lipinski definition) is 2. The van der Waals surface area contributed by atoms with Crippen molar-refractivity contribution in [2.75, 3.05) is 60.5 Å². The monoisotopic (exact) mass is 704 g/mol. The zero-order valence-electron chi connectivity index (χ0n) is 28.9. The summed E-state index contributed by atoms with van der Waals surface area (Å²) in [6, 6.07) is 12.6. The van der Waals surface area contributed by atoms with Gasteiger partial charge in [0.05, 0.1) is 41.8 Å². The largest absolute Gasteiger partial charge is 0.494 e. The van der Waals surface area contributed by atoms with Crippen LogP contribution in [0.5, 0.6) is 5.75 Å². The SMILES string of the molecule is C=CC(=O)Nc1cc(Nc2cc(N3OCCC3c3cccc(Cl)c3F)ncn2)c(OC)cc1N1CCC(N2C[C@H](C)N(C3CC3)C[C@@H]2C)CC1. The molecule has 4 heterocycles. The lowest BCUT2D eigenvalue weighted by atomic mass is 9.97. The van der Waals surface area contributed by atoms with Crippen LogP contribution in [0, 0.1) is 5.82 Å². The fourth-order valence-corrected chi connectivity index (χ4v) is 8.03. The summed E-state index contributed by atoms with van der Waals surface area (Å²) in [6.07, 6.45) is 8.03. The Bertz CT molecular complexity index is 1720. The third-order valence-corrected chi connectivity index (χ3v) is 10.8. The summed E-state index contributed by atoms with van der Waals surface area (Å²) >= 11 is 6.09. The molecule has 1 saturated carbocycles. The second kappa shape index (κ2) is 14.7. The Morgan fingerprint density at radius 1 is 1.02 bits per heavy atom. The number of halogens is 2. The van der Waals surface area contributed by atoms with Crippen molar-refractivity contribution in [2.24, 2.45) is 0 Å². The lowest BCUT2D eigenvalue weighted by molar-refractivity contribution is -0.111. The zero-order chi connectivity index (χ0) is 34.9. The smallest absolute Gasteiger partial charge is 0.247 e. The molecule has 3 saturated heterocycles. The molecule has 0 spiro atoms. The van der Waals surface area contributed by atoms with Crippen LogP contribution >= 0.6 is 11.6 Å². The van der Waals surface area contributed by atoms with Crippen molar-refractivity contribution in [3.05, 3.63) is 71.8 Å². The number of piperidine rings is 1. The Labute approximate surface area is 298 Å². The summed E-state index contributed by atoms with van der Waals surface area (Å²) in [4.78, 5) is 35.2. The number of nitrogens with one attached hydrogen (secondary N) is 2. The summed E-state index contributed by atoms with van der Waals surface area (Å²) in [5, 5.41) is 8.01. The Hall–Kier alpha value is -3.97. The first-order chi connectivity index (χ1) is 24.2. The number of methoxy groups -OCH3 is 1. The minimum Gasteiger partial charge on any atom is -0.494 e. The van der Waals surface area contributed by atoms with Gasteiger partial charge in [-0.1, -0.05) is 30.3 Å². The molecule has 1 amide bonds. The highest BCUT2D eigenvalue weighted by Gasteiger charge is 2.40. The molecule has 0 radical (unpaired) electrons. The normalized spacial score (nSPS) is 23.6. The third-order valence-electron chi connectivity index (χ3n) is 10.5. The second-order valence-electron chi connectivity index (χ2n) is 13.8. The average Bonchev–Trinajstić information content (AvgIpc) is 3.86. The number of piperazine rings is 1. The Balaban J connectivity index is 1.09. The highest BCUT2D eigenvalue weighted by atomic mass is 35.5. The predicted octanol–water partition coefficient (Wildman–Crippen LogP) is 6.55. The van der Waals surface area contributed by atoms with E-state index in [0.29, 0.717) is 65.5 Å². The number of aromatic nitrogens is 2. The van der Waals surface area contributed by atoms with Crippen LogP contribution in [0.2, 0.25) is 5.02 Å². The van der Waals surface area contributed by atoms with Crippen LogP contribution in [0.3, 0.4) is 0 Å². The number of carbonyl (C=O) groups is 1. The molecule has 2 aromatic carbocycles. The quantitative estimate of drug-likeness (QED) is 0.226. The van der Waals surface area contributed by atoms with E-state index in [-0.39, 0.29) is 10.9 Å². The van der Waals surface area contributed by atoms with Crippen LogP contribution in [-0.2, 0) is 9.63 Å². The molecule has 1 aliphatic carbocycles. The van der Waals surface area contributed by atoms with Crippen molar-refractivity contribution in [3.63, 3.8) is 0 Å². The second-order valence-corrected chi connectivity index (χ2v) is 14.2. The van der Waals surface area contributed by atoms with Gasteiger partial charge in [-0.25, -0.2) is 19.4 Å². The van der Waals surface area contributed by atoms with Crippen LogP contribution in [-0.4, -0.2) is 89.7 Å². The highest BCUT2D eigenvalue weighted by Crippen LogP contribution is 2.42. The summed E-state index contributed by atoms with van der Waals surface area (Å²) < 4.78 is 20.8. The topological polar surface area (TPSA) is 98.3 Å². The van der Waals surface area contributed by atoms with Crippen molar-refractivity contribution >= 4 is 46.2 Å². The molecular weight excluding hydrogens is 659 g/mol. The van der Waals surface area contributed by atoms with Crippen LogP contribution < -0.4 is 25.3 Å². The molecule has 266 valence electrons. The number of rotatable bonds is 10. The molecule has 2 N–H and O–H groups in total. The molecule has 1 aromatic heterocycles. The molecule has 3 atom stereocenters. The van der Waals surface area contributed by atoms with Crippen LogP contribution in [0.4, 0.5) is 33.1 Å². The molecule has 1 unspecified atom stereocenters. The van der Waals surface area contributed by atoms with Gasteiger partial charge in [0.1, 0.15) is 23.7 Å². The fourth-order valence-electron chi connectivity index (χ4n) is 7.85. The number of hydroxylamine groups is 1. The van der Waals surface area contributed by atoms with Gasteiger partial charge in [-0.2, -0.15) is 0 Å². The molecule has 7 rings (SSSR count). The molecule has 0 bridgehead atoms. The van der Waals surface area contributed by atoms with Gasteiger partial charge in [-0.15, -0.1) is 0 Å². The van der Waals surface area contributed by atoms with Gasteiger partial charge in [-0.05, 0) is 57.7 Å². The Morgan fingerprint density at radius 2 is 1.74 bits per heavy atom. The number of carbonyl (C=O) groups excluding carboxylic acids is 1. The van der Waals surface area contributed by atoms with E-state index in [9.17, 15) is 9.18 Å². The molecule has 11 nitrogen and oxygen atoms in total. The summed E-state index contributed by atoms with van der Waals surface area (Å²) in [5.41, 5.74) is 2.57. The van der Waals surface area contributed by atoms with Crippen LogP contribution in [0.15, 0.2) is 55.4 Å². The van der Waals surface area contributed by atoms with Crippen molar-refractivity contribution in [1.82, 2.24) is 19.8 Å². The molecule has 4 aliphatic rings. The number of ether oxygens (including phenoxy) is 1. The zero-order valence-corrected chi connectivity index (χ0v) is 29.7. The third kappa shape index (κ3) is 7.12. The van der Waals surface area contributed by atoms with E-state index in [1.807, 2.05) is 12.1 Å². The van der Waals surface area contributed by atoms with Gasteiger partial charge >= 0.3 is 0 Å². The number of anilines is 5. The van der Waals surface area contributed by atoms with E-state index in [2.05, 4.69) is 55.7 Å². The van der Waals surface area contributed by atoms with Crippen LogP contribution in [0.1, 0.15) is 57.6 Å². The predicted molar refractivity (Wildman–Crippen MR) is 195 cm³/mol. The maximum atomic E-state index is 15.0. The molecular formula is C37H46ClFN8O3. The number of hydrogen-bond acceptors (Lipinski definition) is 10. The van der Waals surface area contributed by atoms with Gasteiger partial charge < -0.3 is 20.3 Å². The summed E-state index contributed by atoms with van der Waals surface area (Å²) in [5.74, 6) is 0.743. The van der Waals surface area contributed by atoms with E-state index in [4.69, 9.17) is 21.2 Å². The van der Waals surface area contributed by atoms with E-state index in [0.717, 1.165) is 50.7 Å². The van der Waals surface area contributed by atoms with E-state index < -0.39 is 11.9 Å². The van der Waals surface area contributed by atoms with E-state index >= 15 is 0 Å². The summed E-state index contributed by atoms with van der Waals surface area (Å²) in [7, 11) is 1.62. The van der Waals surface area contributed by atoms with Gasteiger partial charge in [0.15, 0.2) is 5.82 Å². The Kier molecular flexibility index (Phi) is 10.1. The average molecular weight is 705 g/mol. The molecule has 50 heavy (non-hydrogen) atoms. The minimum atomic E-state index is -0.471. The lowest BCUT2D eigenvalue weighted by Gasteiger charge is -2.49. The lowest BCUT2D eigenvalue weighted by Crippen LogP contribution is -2.61. The molecule has 3 aliphatic heterocycles. The van der Waals surface area contributed by atoms with Crippen LogP contribution in [0.25, 0.3) is 0 Å². The first kappa shape index (κ1) is 34.5. The van der Waals surface area contributed by atoms with Gasteiger partial charge in [-0.3, -0.25) is 19.4 Å². The highest BCUT2D eigenvalue weighted by molar-refractivity contribution is 6.30. The fraction of sp³-hybridized carbons (Fsp3) is 0.486. The van der Waals surface area contributed by atoms with E-state index in [1.165, 1.54) is 31.3 Å². The van der Waals surface area contributed by atoms with Crippen molar-refractivity contribution < 1.29 is 18.8 Å². The summed E-state index contributed by atoms with van der Waals surface area (Å²) in [6.45, 7) is 12.8. The standard InChI is InChI=1S/C37H46ClFN8O3/c1-5-36(48)43-29-17-30(42-34-19-35(41-22-40-34)47-31(13-16-50-47)27-7-6-8-28(38)37(27)39)33(49-4)18-32(29)44-14-11-26(12-15-44)46-21-23(2)45(20-24(46)3)25-9-10-25/h5-8,17-19,22-26,31H,1,9-16,20-21H2,2-4H3,(H,43,48)(H,40,41,42)/t23-,24-,31?/m0/s1. The van der Waals surface area contributed by atoms with Crippen molar-refractivity contribution in [1.29, 1.82) is 0 Å². The molecule has 4 fully saturated rings. The molecule has 3 aromatic rings. The van der Waals surface area contributed by atoms with Gasteiger partial charge in [0.2, 0.25) is 5.91 Å². The Morgan fingerprint density at radius 3 is 2.42 bits per heavy atom. The first-order valence-corrected chi connectivity index (χ1v) is 18.0. The van der Waals surface area contributed by atoms with Gasteiger partial charge in [0, 0.05) is 74.5 Å². The number of benzene rings is 2.